The molecule has 1 saturated heterocycles. The van der Waals surface area contributed by atoms with Crippen LogP contribution >= 0.6 is 0 Å². The van der Waals surface area contributed by atoms with E-state index in [2.05, 4.69) is 21.5 Å². The molecule has 4 heteroatoms. The zero-order valence-corrected chi connectivity index (χ0v) is 11.4. The minimum absolute atomic E-state index is 0.198. The number of hydrogen-bond donors (Lipinski definition) is 2. The van der Waals surface area contributed by atoms with Gasteiger partial charge < -0.3 is 20.3 Å². The highest BCUT2D eigenvalue weighted by Gasteiger charge is 2.41. The van der Waals surface area contributed by atoms with Crippen LogP contribution in [0.15, 0.2) is 0 Å². The van der Waals surface area contributed by atoms with Crippen molar-refractivity contribution in [3.8, 4) is 12.3 Å². The molecule has 1 saturated carbocycles. The van der Waals surface area contributed by atoms with E-state index in [0.29, 0.717) is 6.04 Å². The maximum absolute atomic E-state index is 5.67. The van der Waals surface area contributed by atoms with Gasteiger partial charge in [-0.05, 0) is 32.9 Å². The van der Waals surface area contributed by atoms with Crippen LogP contribution in [0.3, 0.4) is 0 Å². The molecule has 4 nitrogen and oxygen atoms in total. The van der Waals surface area contributed by atoms with Crippen molar-refractivity contribution >= 4 is 0 Å². The molecular weight excluding hydrogens is 226 g/mol. The molecular formula is C14H25N3O. The fraction of sp³-hybridized carbons (Fsp3) is 0.857. The molecule has 18 heavy (non-hydrogen) atoms. The summed E-state index contributed by atoms with van der Waals surface area (Å²) < 4.78 is 5.67. The molecule has 1 atom stereocenters. The number of rotatable bonds is 8. The van der Waals surface area contributed by atoms with Crippen molar-refractivity contribution in [1.82, 2.24) is 15.5 Å². The third kappa shape index (κ3) is 3.96. The van der Waals surface area contributed by atoms with Crippen LogP contribution in [0, 0.1) is 12.3 Å². The van der Waals surface area contributed by atoms with Crippen LogP contribution in [0.2, 0.25) is 0 Å². The lowest BCUT2D eigenvalue weighted by atomic mass is 10.3. The second kappa shape index (κ2) is 6.53. The van der Waals surface area contributed by atoms with Crippen molar-refractivity contribution in [3.63, 3.8) is 0 Å². The third-order valence-electron chi connectivity index (χ3n) is 3.91. The van der Waals surface area contributed by atoms with E-state index in [1.807, 2.05) is 7.05 Å². The SMILES string of the molecule is C#CC1(OCCNCCN2CCC(NC)C2)CC1. The number of ether oxygens (including phenoxy) is 1. The van der Waals surface area contributed by atoms with Gasteiger partial charge in [-0.2, -0.15) is 0 Å². The van der Waals surface area contributed by atoms with Crippen LogP contribution in [0.25, 0.3) is 0 Å². The molecule has 1 aliphatic heterocycles. The highest BCUT2D eigenvalue weighted by molar-refractivity contribution is 5.18. The fourth-order valence-electron chi connectivity index (χ4n) is 2.40. The lowest BCUT2D eigenvalue weighted by Gasteiger charge is -2.16. The fourth-order valence-corrected chi connectivity index (χ4v) is 2.40. The van der Waals surface area contributed by atoms with Gasteiger partial charge >= 0.3 is 0 Å². The molecule has 1 aliphatic carbocycles. The van der Waals surface area contributed by atoms with Gasteiger partial charge in [0.05, 0.1) is 6.61 Å². The van der Waals surface area contributed by atoms with E-state index >= 15 is 0 Å². The van der Waals surface area contributed by atoms with Crippen molar-refractivity contribution in [2.45, 2.75) is 30.9 Å². The Morgan fingerprint density at radius 2 is 2.28 bits per heavy atom. The topological polar surface area (TPSA) is 36.5 Å². The standard InChI is InChI=1S/C14H25N3O/c1-3-14(5-6-14)18-11-8-16-7-10-17-9-4-13(12-17)15-2/h1,13,15-16H,4-12H2,2H3. The average Bonchev–Trinajstić information content (AvgIpc) is 3.04. The van der Waals surface area contributed by atoms with Crippen LogP contribution in [-0.4, -0.2) is 62.9 Å². The van der Waals surface area contributed by atoms with Crippen molar-refractivity contribution in [2.24, 2.45) is 0 Å². The molecule has 2 aliphatic rings. The van der Waals surface area contributed by atoms with E-state index < -0.39 is 0 Å². The largest absolute Gasteiger partial charge is 0.361 e. The number of likely N-dealkylation sites (N-methyl/N-ethyl adjacent to an activating group) is 1. The minimum atomic E-state index is -0.198. The first-order chi connectivity index (χ1) is 8.78. The van der Waals surface area contributed by atoms with Crippen LogP contribution in [-0.2, 0) is 4.74 Å². The second-order valence-electron chi connectivity index (χ2n) is 5.31. The maximum Gasteiger partial charge on any atom is 0.128 e. The van der Waals surface area contributed by atoms with Gasteiger partial charge in [-0.15, -0.1) is 6.42 Å². The lowest BCUT2D eigenvalue weighted by molar-refractivity contribution is 0.0756. The summed E-state index contributed by atoms with van der Waals surface area (Å²) in [5, 5.41) is 6.75. The van der Waals surface area contributed by atoms with E-state index in [9.17, 15) is 0 Å². The normalized spacial score (nSPS) is 26.1. The predicted molar refractivity (Wildman–Crippen MR) is 73.5 cm³/mol. The number of nitrogens with one attached hydrogen (secondary N) is 2. The summed E-state index contributed by atoms with van der Waals surface area (Å²) in [5.74, 6) is 2.73. The van der Waals surface area contributed by atoms with Crippen LogP contribution in [0.5, 0.6) is 0 Å². The van der Waals surface area contributed by atoms with Gasteiger partial charge in [0.25, 0.3) is 0 Å². The number of likely N-dealkylation sites (tertiary alicyclic amines) is 1. The molecule has 1 heterocycles. The molecule has 102 valence electrons. The highest BCUT2D eigenvalue weighted by atomic mass is 16.5. The highest BCUT2D eigenvalue weighted by Crippen LogP contribution is 2.38. The smallest absolute Gasteiger partial charge is 0.128 e. The summed E-state index contributed by atoms with van der Waals surface area (Å²) in [5.41, 5.74) is -0.198. The van der Waals surface area contributed by atoms with Crippen molar-refractivity contribution in [2.75, 3.05) is 46.4 Å². The van der Waals surface area contributed by atoms with Crippen molar-refractivity contribution in [1.29, 1.82) is 0 Å². The Labute approximate surface area is 110 Å². The summed E-state index contributed by atoms with van der Waals surface area (Å²) in [4.78, 5) is 2.50. The van der Waals surface area contributed by atoms with Gasteiger partial charge in [-0.25, -0.2) is 0 Å². The minimum Gasteiger partial charge on any atom is -0.361 e. The number of terminal acetylenes is 1. The molecule has 2 N–H and O–H groups in total. The second-order valence-corrected chi connectivity index (χ2v) is 5.31. The van der Waals surface area contributed by atoms with Crippen LogP contribution in [0.1, 0.15) is 19.3 Å². The van der Waals surface area contributed by atoms with Gasteiger partial charge in [0.2, 0.25) is 0 Å². The molecule has 0 aromatic heterocycles. The van der Waals surface area contributed by atoms with Gasteiger partial charge in [0.15, 0.2) is 0 Å². The first-order valence-electron chi connectivity index (χ1n) is 7.00. The lowest BCUT2D eigenvalue weighted by Crippen LogP contribution is -2.35. The number of hydrogen-bond acceptors (Lipinski definition) is 4. The van der Waals surface area contributed by atoms with Crippen molar-refractivity contribution < 1.29 is 4.74 Å². The monoisotopic (exact) mass is 251 g/mol. The van der Waals surface area contributed by atoms with E-state index in [1.165, 1.54) is 19.5 Å². The summed E-state index contributed by atoms with van der Waals surface area (Å²) in [6.07, 6.45) is 8.74. The first-order valence-corrected chi connectivity index (χ1v) is 7.00. The van der Waals surface area contributed by atoms with E-state index in [4.69, 9.17) is 11.2 Å². The Balaban J connectivity index is 1.44. The molecule has 2 fully saturated rings. The zero-order valence-electron chi connectivity index (χ0n) is 11.4. The van der Waals surface area contributed by atoms with Crippen LogP contribution in [0.4, 0.5) is 0 Å². The van der Waals surface area contributed by atoms with Gasteiger partial charge in [0.1, 0.15) is 5.60 Å². The van der Waals surface area contributed by atoms with Crippen molar-refractivity contribution in [3.05, 3.63) is 0 Å². The summed E-state index contributed by atoms with van der Waals surface area (Å²) >= 11 is 0. The molecule has 2 rings (SSSR count). The Morgan fingerprint density at radius 3 is 2.89 bits per heavy atom. The summed E-state index contributed by atoms with van der Waals surface area (Å²) in [6, 6.07) is 0.679. The molecule has 0 spiro atoms. The van der Waals surface area contributed by atoms with E-state index in [0.717, 1.165) is 39.1 Å². The molecule has 0 radical (unpaired) electrons. The molecule has 0 aromatic rings. The van der Waals surface area contributed by atoms with Gasteiger partial charge in [-0.3, -0.25) is 0 Å². The Bertz CT molecular complexity index is 296. The summed E-state index contributed by atoms with van der Waals surface area (Å²) in [6.45, 7) is 6.16. The Morgan fingerprint density at radius 1 is 1.44 bits per heavy atom. The predicted octanol–water partition coefficient (Wildman–Crippen LogP) is 0.0521. The zero-order chi connectivity index (χ0) is 12.8. The quantitative estimate of drug-likeness (QED) is 0.472. The Hall–Kier alpha value is -0.600. The first kappa shape index (κ1) is 13.8. The Kier molecular flexibility index (Phi) is 5.02. The van der Waals surface area contributed by atoms with Gasteiger partial charge in [0, 0.05) is 32.2 Å². The average molecular weight is 251 g/mol. The number of nitrogens with zero attached hydrogens (tertiary/aromatic N) is 1. The van der Waals surface area contributed by atoms with Gasteiger partial charge in [-0.1, -0.05) is 5.92 Å². The molecule has 0 bridgehead atoms. The van der Waals surface area contributed by atoms with E-state index in [-0.39, 0.29) is 5.60 Å². The maximum atomic E-state index is 5.67. The van der Waals surface area contributed by atoms with E-state index in [1.54, 1.807) is 0 Å². The summed E-state index contributed by atoms with van der Waals surface area (Å²) in [7, 11) is 2.04. The third-order valence-corrected chi connectivity index (χ3v) is 3.91. The molecule has 0 aromatic carbocycles. The molecule has 0 amide bonds. The van der Waals surface area contributed by atoms with Crippen LogP contribution < -0.4 is 10.6 Å². The molecule has 1 unspecified atom stereocenters.